The first-order valence-electron chi connectivity index (χ1n) is 11.0. The van der Waals surface area contributed by atoms with Crippen molar-refractivity contribution in [3.8, 4) is 11.5 Å². The van der Waals surface area contributed by atoms with E-state index < -0.39 is 0 Å². The third-order valence-corrected chi connectivity index (χ3v) is 5.94. The number of para-hydroxylation sites is 2. The van der Waals surface area contributed by atoms with E-state index in [1.165, 1.54) is 18.4 Å². The minimum absolute atomic E-state index is 0.167. The lowest BCUT2D eigenvalue weighted by molar-refractivity contribution is 0.284. The molecule has 1 unspecified atom stereocenters. The zero-order chi connectivity index (χ0) is 22.3. The van der Waals surface area contributed by atoms with Gasteiger partial charge in [-0.15, -0.1) is 0 Å². The van der Waals surface area contributed by atoms with Crippen LogP contribution in [0.5, 0.6) is 11.5 Å². The van der Waals surface area contributed by atoms with Gasteiger partial charge in [-0.3, -0.25) is 9.98 Å². The molecule has 3 aliphatic rings. The number of amidine groups is 2. The fraction of sp³-hybridized carbons (Fsp3) is 0.417. The van der Waals surface area contributed by atoms with Gasteiger partial charge in [0.05, 0.1) is 23.1 Å². The molecule has 2 aromatic rings. The molecule has 1 fully saturated rings. The molecule has 1 atom stereocenters. The largest absolute Gasteiger partial charge is 0.485 e. The molecule has 0 bridgehead atoms. The summed E-state index contributed by atoms with van der Waals surface area (Å²) in [5, 5.41) is 7.39. The number of hydrogen-bond donors (Lipinski definition) is 2. The van der Waals surface area contributed by atoms with E-state index in [0.29, 0.717) is 22.4 Å². The van der Waals surface area contributed by atoms with Crippen molar-refractivity contribution in [2.75, 3.05) is 32.8 Å². The van der Waals surface area contributed by atoms with Gasteiger partial charge in [0, 0.05) is 13.1 Å². The van der Waals surface area contributed by atoms with Crippen LogP contribution in [0.3, 0.4) is 0 Å². The first-order chi connectivity index (χ1) is 15.6. The Bertz CT molecular complexity index is 971. The maximum atomic E-state index is 6.01. The molecule has 0 saturated heterocycles. The van der Waals surface area contributed by atoms with Crippen molar-refractivity contribution in [1.29, 1.82) is 0 Å². The molecule has 8 heteroatoms. The van der Waals surface area contributed by atoms with Crippen LogP contribution in [0.2, 0.25) is 10.0 Å². The van der Waals surface area contributed by atoms with Crippen LogP contribution >= 0.6 is 23.2 Å². The Morgan fingerprint density at radius 3 is 2.34 bits per heavy atom. The average molecular weight is 475 g/mol. The minimum atomic E-state index is -0.167. The van der Waals surface area contributed by atoms with Crippen LogP contribution in [0.15, 0.2) is 52.4 Å². The maximum Gasteiger partial charge on any atom is 0.157 e. The lowest BCUT2D eigenvalue weighted by Crippen LogP contribution is -2.33. The van der Waals surface area contributed by atoms with Crippen molar-refractivity contribution in [2.24, 2.45) is 9.98 Å². The van der Waals surface area contributed by atoms with E-state index in [1.807, 2.05) is 13.0 Å². The predicted molar refractivity (Wildman–Crippen MR) is 131 cm³/mol. The van der Waals surface area contributed by atoms with Gasteiger partial charge in [-0.2, -0.15) is 0 Å². The number of rotatable bonds is 7. The summed E-state index contributed by atoms with van der Waals surface area (Å²) < 4.78 is 11.5. The summed E-state index contributed by atoms with van der Waals surface area (Å²) in [7, 11) is 0. The highest BCUT2D eigenvalue weighted by atomic mass is 35.5. The Kier molecular flexibility index (Phi) is 7.76. The Morgan fingerprint density at radius 2 is 1.69 bits per heavy atom. The summed E-state index contributed by atoms with van der Waals surface area (Å²) in [5.41, 5.74) is 1.36. The van der Waals surface area contributed by atoms with E-state index in [4.69, 9.17) is 32.7 Å². The van der Waals surface area contributed by atoms with Crippen LogP contribution in [0.1, 0.15) is 31.2 Å². The highest BCUT2D eigenvalue weighted by Crippen LogP contribution is 2.44. The Morgan fingerprint density at radius 1 is 0.969 bits per heavy atom. The van der Waals surface area contributed by atoms with E-state index in [9.17, 15) is 0 Å². The molecule has 1 aliphatic carbocycles. The second kappa shape index (κ2) is 10.9. The van der Waals surface area contributed by atoms with Gasteiger partial charge in [-0.1, -0.05) is 47.5 Å². The number of nitrogens with zero attached hydrogens (tertiary/aromatic N) is 2. The van der Waals surface area contributed by atoms with E-state index in [2.05, 4.69) is 38.8 Å². The normalized spacial score (nSPS) is 17.8. The van der Waals surface area contributed by atoms with Crippen molar-refractivity contribution >= 4 is 34.9 Å². The van der Waals surface area contributed by atoms with E-state index in [1.54, 1.807) is 18.2 Å². The van der Waals surface area contributed by atoms with Crippen LogP contribution in [0.4, 0.5) is 0 Å². The molecule has 1 saturated carbocycles. The minimum Gasteiger partial charge on any atom is -0.485 e. The van der Waals surface area contributed by atoms with Crippen molar-refractivity contribution in [1.82, 2.24) is 10.6 Å². The van der Waals surface area contributed by atoms with Crippen molar-refractivity contribution in [3.63, 3.8) is 0 Å². The molecule has 0 spiro atoms. The third kappa shape index (κ3) is 6.08. The Labute approximate surface area is 199 Å². The fourth-order valence-corrected chi connectivity index (χ4v) is 4.04. The van der Waals surface area contributed by atoms with Crippen LogP contribution < -0.4 is 20.1 Å². The van der Waals surface area contributed by atoms with E-state index in [-0.39, 0.29) is 6.10 Å². The third-order valence-electron chi connectivity index (χ3n) is 5.34. The zero-order valence-electron chi connectivity index (χ0n) is 18.1. The molecule has 2 aliphatic heterocycles. The molecular weight excluding hydrogens is 447 g/mol. The number of ether oxygens (including phenoxy) is 2. The van der Waals surface area contributed by atoms with Gasteiger partial charge in [-0.25, -0.2) is 0 Å². The highest BCUT2D eigenvalue weighted by Gasteiger charge is 2.26. The zero-order valence-corrected chi connectivity index (χ0v) is 19.6. The van der Waals surface area contributed by atoms with Crippen LogP contribution in [0, 0.1) is 0 Å². The first-order valence-corrected chi connectivity index (χ1v) is 11.7. The van der Waals surface area contributed by atoms with Gasteiger partial charge in [-0.05, 0) is 49.4 Å². The van der Waals surface area contributed by atoms with Crippen LogP contribution in [-0.2, 0) is 0 Å². The SMILES string of the molecule is CC(Oc1c(Cl)cccc1Cl)C1=NCCN1.c1ccc(C2CC2)c(OCC2=NCCN2)c1. The maximum absolute atomic E-state index is 6.01. The first kappa shape index (κ1) is 22.7. The van der Waals surface area contributed by atoms with Crippen molar-refractivity contribution < 1.29 is 9.47 Å². The van der Waals surface area contributed by atoms with Gasteiger partial charge in [0.1, 0.15) is 24.0 Å². The van der Waals surface area contributed by atoms with Crippen LogP contribution in [-0.4, -0.2) is 50.6 Å². The fourth-order valence-electron chi connectivity index (χ4n) is 3.55. The molecule has 2 heterocycles. The summed E-state index contributed by atoms with van der Waals surface area (Å²) in [4.78, 5) is 8.61. The topological polar surface area (TPSA) is 67.2 Å². The Hall–Kier alpha value is -2.44. The number of aliphatic imine (C=N–C) groups is 2. The molecule has 170 valence electrons. The van der Waals surface area contributed by atoms with Gasteiger partial charge >= 0.3 is 0 Å². The molecule has 5 rings (SSSR count). The molecule has 2 aromatic carbocycles. The number of benzene rings is 2. The van der Waals surface area contributed by atoms with Crippen molar-refractivity contribution in [2.45, 2.75) is 31.8 Å². The van der Waals surface area contributed by atoms with Gasteiger partial charge < -0.3 is 20.1 Å². The number of halogens is 2. The molecule has 0 amide bonds. The molecule has 0 radical (unpaired) electrons. The number of hydrogen-bond acceptors (Lipinski definition) is 6. The Balaban J connectivity index is 0.000000153. The average Bonchev–Trinajstić information content (AvgIpc) is 3.26. The summed E-state index contributed by atoms with van der Waals surface area (Å²) in [6, 6.07) is 13.6. The molecule has 2 N–H and O–H groups in total. The molecule has 0 aromatic heterocycles. The summed E-state index contributed by atoms with van der Waals surface area (Å²) in [6.07, 6.45) is 2.44. The smallest absolute Gasteiger partial charge is 0.157 e. The van der Waals surface area contributed by atoms with Crippen molar-refractivity contribution in [3.05, 3.63) is 58.1 Å². The summed E-state index contributed by atoms with van der Waals surface area (Å²) in [6.45, 7) is 5.96. The van der Waals surface area contributed by atoms with E-state index >= 15 is 0 Å². The molecule has 6 nitrogen and oxygen atoms in total. The van der Waals surface area contributed by atoms with E-state index in [0.717, 1.165) is 49.5 Å². The summed E-state index contributed by atoms with van der Waals surface area (Å²) in [5.74, 6) is 4.09. The molecule has 32 heavy (non-hydrogen) atoms. The predicted octanol–water partition coefficient (Wildman–Crippen LogP) is 4.71. The lowest BCUT2D eigenvalue weighted by Gasteiger charge is -2.16. The monoisotopic (exact) mass is 474 g/mol. The quantitative estimate of drug-likeness (QED) is 0.609. The van der Waals surface area contributed by atoms with Crippen LogP contribution in [0.25, 0.3) is 0 Å². The number of nitrogens with one attached hydrogen (secondary N) is 2. The molecular formula is C24H28Cl2N4O2. The summed E-state index contributed by atoms with van der Waals surface area (Å²) >= 11 is 12.0. The highest BCUT2D eigenvalue weighted by molar-refractivity contribution is 6.37. The van der Waals surface area contributed by atoms with Gasteiger partial charge in [0.15, 0.2) is 11.9 Å². The second-order valence-corrected chi connectivity index (χ2v) is 8.67. The van der Waals surface area contributed by atoms with Gasteiger partial charge in [0.2, 0.25) is 0 Å². The lowest BCUT2D eigenvalue weighted by atomic mass is 10.1. The van der Waals surface area contributed by atoms with Gasteiger partial charge in [0.25, 0.3) is 0 Å². The second-order valence-electron chi connectivity index (χ2n) is 7.86. The standard InChI is InChI=1S/C13H16N2O.C11H12Cl2N2O/c1-2-4-12(11(3-1)10-5-6-10)16-9-13-14-7-8-15-13;1-7(11-14-5-6-15-11)16-10-8(12)3-2-4-9(10)13/h1-4,10H,5-9H2,(H,14,15);2-4,7H,5-6H2,1H3,(H,14,15).